The summed E-state index contributed by atoms with van der Waals surface area (Å²) in [4.78, 5) is 4.11. The summed E-state index contributed by atoms with van der Waals surface area (Å²) >= 11 is 6.08. The van der Waals surface area contributed by atoms with Crippen LogP contribution in [0.4, 0.5) is 24.5 Å². The third kappa shape index (κ3) is 3.10. The van der Waals surface area contributed by atoms with Crippen molar-refractivity contribution < 1.29 is 13.2 Å². The van der Waals surface area contributed by atoms with E-state index in [-0.39, 0.29) is 0 Å². The van der Waals surface area contributed by atoms with Crippen LogP contribution in [0.2, 0.25) is 5.02 Å². The summed E-state index contributed by atoms with van der Waals surface area (Å²) in [6.45, 7) is 1.84. The van der Waals surface area contributed by atoms with E-state index in [1.165, 1.54) is 6.07 Å². The molecule has 0 saturated heterocycles. The van der Waals surface area contributed by atoms with Crippen molar-refractivity contribution in [3.05, 3.63) is 64.8 Å². The molecular formula is C17H12ClF3N2. The zero-order valence-corrected chi connectivity index (χ0v) is 12.8. The zero-order chi connectivity index (χ0) is 16.6. The Bertz CT molecular complexity index is 875. The third-order valence-electron chi connectivity index (χ3n) is 3.61. The van der Waals surface area contributed by atoms with Crippen LogP contribution in [0.25, 0.3) is 10.9 Å². The Morgan fingerprint density at radius 3 is 2.57 bits per heavy atom. The Hall–Kier alpha value is -2.27. The molecule has 0 atom stereocenters. The molecule has 2 aromatic carbocycles. The predicted octanol–water partition coefficient (Wildman–Crippen LogP) is 5.96. The Morgan fingerprint density at radius 1 is 1.04 bits per heavy atom. The van der Waals surface area contributed by atoms with Crippen LogP contribution in [0.1, 0.15) is 11.1 Å². The number of anilines is 2. The molecule has 0 aliphatic carbocycles. The van der Waals surface area contributed by atoms with Crippen LogP contribution in [-0.2, 0) is 6.18 Å². The second kappa shape index (κ2) is 5.74. The Morgan fingerprint density at radius 2 is 1.83 bits per heavy atom. The van der Waals surface area contributed by atoms with Gasteiger partial charge in [0.05, 0.1) is 11.1 Å². The van der Waals surface area contributed by atoms with E-state index in [4.69, 9.17) is 11.6 Å². The molecule has 118 valence electrons. The molecule has 2 nitrogen and oxygen atoms in total. The number of aromatic nitrogens is 1. The number of hydrogen-bond donors (Lipinski definition) is 1. The minimum atomic E-state index is -4.40. The van der Waals surface area contributed by atoms with Crippen LogP contribution < -0.4 is 5.32 Å². The summed E-state index contributed by atoms with van der Waals surface area (Å²) in [5.41, 5.74) is 1.89. The van der Waals surface area contributed by atoms with E-state index in [9.17, 15) is 13.2 Å². The summed E-state index contributed by atoms with van der Waals surface area (Å²) < 4.78 is 38.8. The first-order valence-electron chi connectivity index (χ1n) is 6.84. The van der Waals surface area contributed by atoms with Gasteiger partial charge in [-0.05, 0) is 48.9 Å². The number of nitrogens with one attached hydrogen (secondary N) is 1. The van der Waals surface area contributed by atoms with Gasteiger partial charge in [0.25, 0.3) is 0 Å². The first-order valence-corrected chi connectivity index (χ1v) is 7.22. The van der Waals surface area contributed by atoms with Crippen molar-refractivity contribution in [1.29, 1.82) is 0 Å². The van der Waals surface area contributed by atoms with Crippen molar-refractivity contribution in [2.24, 2.45) is 0 Å². The van der Waals surface area contributed by atoms with Crippen LogP contribution in [0.15, 0.2) is 48.7 Å². The highest BCUT2D eigenvalue weighted by Crippen LogP contribution is 2.34. The van der Waals surface area contributed by atoms with Gasteiger partial charge >= 0.3 is 6.18 Å². The van der Waals surface area contributed by atoms with Gasteiger partial charge in [0.2, 0.25) is 0 Å². The van der Waals surface area contributed by atoms with Gasteiger partial charge in [-0.3, -0.25) is 4.98 Å². The molecule has 0 spiro atoms. The van der Waals surface area contributed by atoms with Gasteiger partial charge in [-0.2, -0.15) is 13.2 Å². The Labute approximate surface area is 135 Å². The second-order valence-corrected chi connectivity index (χ2v) is 5.53. The fraction of sp³-hybridized carbons (Fsp3) is 0.118. The van der Waals surface area contributed by atoms with Crippen molar-refractivity contribution in [3.8, 4) is 0 Å². The fourth-order valence-corrected chi connectivity index (χ4v) is 2.49. The summed E-state index contributed by atoms with van der Waals surface area (Å²) in [6, 6.07) is 10.5. The van der Waals surface area contributed by atoms with E-state index in [2.05, 4.69) is 10.3 Å². The van der Waals surface area contributed by atoms with Crippen LogP contribution in [0, 0.1) is 6.92 Å². The van der Waals surface area contributed by atoms with Gasteiger partial charge in [0.15, 0.2) is 0 Å². The maximum atomic E-state index is 12.9. The smallest absolute Gasteiger partial charge is 0.355 e. The number of nitrogens with zero attached hydrogens (tertiary/aromatic N) is 1. The zero-order valence-electron chi connectivity index (χ0n) is 12.1. The molecule has 1 N–H and O–H groups in total. The summed E-state index contributed by atoms with van der Waals surface area (Å²) in [5.74, 6) is 0. The highest BCUT2D eigenvalue weighted by Gasteiger charge is 2.30. The lowest BCUT2D eigenvalue weighted by molar-refractivity contribution is -0.137. The first-order chi connectivity index (χ1) is 10.9. The topological polar surface area (TPSA) is 24.9 Å². The van der Waals surface area contributed by atoms with Crippen molar-refractivity contribution in [2.75, 3.05) is 5.32 Å². The minimum absolute atomic E-state index is 0.404. The Balaban J connectivity index is 2.12. The van der Waals surface area contributed by atoms with E-state index in [0.29, 0.717) is 21.6 Å². The molecule has 23 heavy (non-hydrogen) atoms. The quantitative estimate of drug-likeness (QED) is 0.624. The molecule has 0 amide bonds. The molecule has 0 bridgehead atoms. The lowest BCUT2D eigenvalue weighted by Gasteiger charge is -2.14. The molecule has 0 aliphatic heterocycles. The normalized spacial score (nSPS) is 11.7. The monoisotopic (exact) mass is 336 g/mol. The van der Waals surface area contributed by atoms with Gasteiger partial charge < -0.3 is 5.32 Å². The van der Waals surface area contributed by atoms with Crippen molar-refractivity contribution >= 4 is 33.9 Å². The molecule has 1 aromatic heterocycles. The third-order valence-corrected chi connectivity index (χ3v) is 4.02. The fourth-order valence-electron chi connectivity index (χ4n) is 2.32. The number of benzene rings is 2. The highest BCUT2D eigenvalue weighted by molar-refractivity contribution is 6.31. The molecule has 0 saturated carbocycles. The van der Waals surface area contributed by atoms with Crippen molar-refractivity contribution in [1.82, 2.24) is 4.98 Å². The summed E-state index contributed by atoms with van der Waals surface area (Å²) in [7, 11) is 0. The molecule has 0 unspecified atom stereocenters. The van der Waals surface area contributed by atoms with Crippen molar-refractivity contribution in [3.63, 3.8) is 0 Å². The number of alkyl halides is 3. The summed E-state index contributed by atoms with van der Waals surface area (Å²) in [6.07, 6.45) is -2.84. The number of halogens is 4. The SMILES string of the molecule is Cc1c(Cl)cccc1Nc1ccnc2ccc(C(F)(F)F)cc12. The second-order valence-electron chi connectivity index (χ2n) is 5.13. The lowest BCUT2D eigenvalue weighted by Crippen LogP contribution is -2.05. The lowest BCUT2D eigenvalue weighted by atomic mass is 10.1. The molecule has 0 radical (unpaired) electrons. The predicted molar refractivity (Wildman–Crippen MR) is 86.2 cm³/mol. The molecule has 3 aromatic rings. The van der Waals surface area contributed by atoms with Gasteiger partial charge in [0, 0.05) is 28.0 Å². The number of pyridine rings is 1. The highest BCUT2D eigenvalue weighted by atomic mass is 35.5. The molecule has 6 heteroatoms. The standard InChI is InChI=1S/C17H12ClF3N2/c1-10-13(18)3-2-4-14(10)23-16-7-8-22-15-6-5-11(9-12(15)16)17(19,20)21/h2-9H,1H3,(H,22,23). The number of fused-ring (bicyclic) bond motifs is 1. The molecule has 3 rings (SSSR count). The Kier molecular flexibility index (Phi) is 3.90. The molecule has 0 fully saturated rings. The van der Waals surface area contributed by atoms with Crippen LogP contribution >= 0.6 is 11.6 Å². The largest absolute Gasteiger partial charge is 0.416 e. The van der Waals surface area contributed by atoms with Gasteiger partial charge in [0.1, 0.15) is 0 Å². The van der Waals surface area contributed by atoms with E-state index in [1.807, 2.05) is 13.0 Å². The number of rotatable bonds is 2. The van der Waals surface area contributed by atoms with E-state index < -0.39 is 11.7 Å². The molecule has 0 aliphatic rings. The van der Waals surface area contributed by atoms with Gasteiger partial charge in [-0.25, -0.2) is 0 Å². The van der Waals surface area contributed by atoms with Gasteiger partial charge in [-0.15, -0.1) is 0 Å². The average Bonchev–Trinajstić information content (AvgIpc) is 2.51. The average molecular weight is 337 g/mol. The maximum Gasteiger partial charge on any atom is 0.416 e. The van der Waals surface area contributed by atoms with Crippen LogP contribution in [0.3, 0.4) is 0 Å². The van der Waals surface area contributed by atoms with Gasteiger partial charge in [-0.1, -0.05) is 17.7 Å². The van der Waals surface area contributed by atoms with Crippen molar-refractivity contribution in [2.45, 2.75) is 13.1 Å². The number of hydrogen-bond acceptors (Lipinski definition) is 2. The first kappa shape index (κ1) is 15.6. The maximum absolute atomic E-state index is 12.9. The molecular weight excluding hydrogens is 325 g/mol. The minimum Gasteiger partial charge on any atom is -0.355 e. The van der Waals surface area contributed by atoms with E-state index in [1.54, 1.807) is 24.4 Å². The van der Waals surface area contributed by atoms with Crippen LogP contribution in [0.5, 0.6) is 0 Å². The summed E-state index contributed by atoms with van der Waals surface area (Å²) in [5, 5.41) is 4.13. The van der Waals surface area contributed by atoms with Crippen LogP contribution in [-0.4, -0.2) is 4.98 Å². The van der Waals surface area contributed by atoms with E-state index in [0.717, 1.165) is 23.4 Å². The van der Waals surface area contributed by atoms with E-state index >= 15 is 0 Å². The molecule has 1 heterocycles.